The van der Waals surface area contributed by atoms with Gasteiger partial charge in [-0.25, -0.2) is 0 Å². The van der Waals surface area contributed by atoms with Crippen LogP contribution in [0, 0.1) is 5.92 Å². The Kier molecular flexibility index (Phi) is 7.19. The highest BCUT2D eigenvalue weighted by molar-refractivity contribution is 6.32. The first-order valence-electron chi connectivity index (χ1n) is 12.0. The molecule has 2 aromatic carbocycles. The number of hydrogen-bond donors (Lipinski definition) is 1. The number of amides is 1. The third kappa shape index (κ3) is 4.86. The molecule has 1 N–H and O–H groups in total. The Hall–Kier alpha value is -2.40. The van der Waals surface area contributed by atoms with E-state index in [0.29, 0.717) is 18.6 Å². The lowest BCUT2D eigenvalue weighted by atomic mass is 9.86. The Balaban J connectivity index is 1.33. The molecule has 34 heavy (non-hydrogen) atoms. The van der Waals surface area contributed by atoms with Crippen molar-refractivity contribution in [2.75, 3.05) is 6.54 Å². The molecule has 0 saturated carbocycles. The van der Waals surface area contributed by atoms with Crippen LogP contribution in [-0.4, -0.2) is 34.4 Å². The van der Waals surface area contributed by atoms with E-state index < -0.39 is 0 Å². The number of piperidine rings is 1. The number of carbonyl (C=O) groups excluding carboxylic acids is 1. The van der Waals surface area contributed by atoms with E-state index in [0.717, 1.165) is 58.8 Å². The van der Waals surface area contributed by atoms with Gasteiger partial charge in [-0.3, -0.25) is 14.7 Å². The van der Waals surface area contributed by atoms with Crippen molar-refractivity contribution in [2.24, 2.45) is 5.92 Å². The van der Waals surface area contributed by atoms with Gasteiger partial charge in [0.25, 0.3) is 0 Å². The van der Waals surface area contributed by atoms with E-state index in [1.807, 2.05) is 54.7 Å². The summed E-state index contributed by atoms with van der Waals surface area (Å²) < 4.78 is 0. The standard InChI is InChI=1S/C28H29Cl2N3O/c29-25-9-3-1-7-23(25)27(24-8-2-4-10-26(24)30)33-21-11-12-22(33)17-20(16-21)28(34)32-15-13-19-6-5-14-31-18-19/h1-10,14,18,20-22,27H,11-13,15-17H2,(H,32,34). The third-order valence-electron chi connectivity index (χ3n) is 7.29. The summed E-state index contributed by atoms with van der Waals surface area (Å²) in [4.78, 5) is 19.8. The van der Waals surface area contributed by atoms with E-state index in [2.05, 4.69) is 27.3 Å². The topological polar surface area (TPSA) is 45.2 Å². The molecule has 1 aromatic heterocycles. The Morgan fingerprint density at radius 3 is 2.12 bits per heavy atom. The molecule has 0 spiro atoms. The minimum atomic E-state index is -0.0190. The van der Waals surface area contributed by atoms with E-state index in [-0.39, 0.29) is 17.9 Å². The van der Waals surface area contributed by atoms with Crippen LogP contribution in [0.25, 0.3) is 0 Å². The number of nitrogens with one attached hydrogen (secondary N) is 1. The van der Waals surface area contributed by atoms with Crippen molar-refractivity contribution in [3.8, 4) is 0 Å². The van der Waals surface area contributed by atoms with Crippen molar-refractivity contribution in [3.05, 3.63) is 99.8 Å². The molecule has 2 aliphatic rings. The molecule has 3 heterocycles. The number of rotatable bonds is 7. The van der Waals surface area contributed by atoms with Crippen molar-refractivity contribution in [2.45, 2.75) is 50.2 Å². The average Bonchev–Trinajstić information content (AvgIpc) is 3.10. The SMILES string of the molecule is O=C(NCCc1cccnc1)C1CC2CCC(C1)N2C(c1ccccc1Cl)c1ccccc1Cl. The first-order chi connectivity index (χ1) is 16.6. The van der Waals surface area contributed by atoms with Gasteiger partial charge < -0.3 is 5.32 Å². The van der Waals surface area contributed by atoms with Gasteiger partial charge in [0.1, 0.15) is 0 Å². The lowest BCUT2D eigenvalue weighted by Crippen LogP contribution is -2.48. The maximum Gasteiger partial charge on any atom is 0.223 e. The summed E-state index contributed by atoms with van der Waals surface area (Å²) in [7, 11) is 0. The number of benzene rings is 2. The normalized spacial score (nSPS) is 22.1. The summed E-state index contributed by atoms with van der Waals surface area (Å²) in [5.41, 5.74) is 3.29. The first-order valence-corrected chi connectivity index (χ1v) is 12.8. The monoisotopic (exact) mass is 493 g/mol. The summed E-state index contributed by atoms with van der Waals surface area (Å²) in [6.45, 7) is 0.641. The van der Waals surface area contributed by atoms with Crippen LogP contribution in [0.15, 0.2) is 73.1 Å². The van der Waals surface area contributed by atoms with Gasteiger partial charge in [-0.15, -0.1) is 0 Å². The van der Waals surface area contributed by atoms with Crippen molar-refractivity contribution < 1.29 is 4.79 Å². The number of nitrogens with zero attached hydrogens (tertiary/aromatic N) is 2. The molecule has 2 saturated heterocycles. The summed E-state index contributed by atoms with van der Waals surface area (Å²) >= 11 is 13.4. The molecular weight excluding hydrogens is 465 g/mol. The fraction of sp³-hybridized carbons (Fsp3) is 0.357. The van der Waals surface area contributed by atoms with Crippen molar-refractivity contribution >= 4 is 29.1 Å². The zero-order chi connectivity index (χ0) is 23.5. The zero-order valence-electron chi connectivity index (χ0n) is 19.0. The number of aromatic nitrogens is 1. The smallest absolute Gasteiger partial charge is 0.223 e. The average molecular weight is 494 g/mol. The van der Waals surface area contributed by atoms with Gasteiger partial charge in [-0.1, -0.05) is 65.7 Å². The molecule has 3 aromatic rings. The summed E-state index contributed by atoms with van der Waals surface area (Å²) in [6.07, 6.45) is 8.33. The maximum absolute atomic E-state index is 13.0. The molecule has 2 bridgehead atoms. The molecule has 1 amide bonds. The highest BCUT2D eigenvalue weighted by Crippen LogP contribution is 2.48. The summed E-state index contributed by atoms with van der Waals surface area (Å²) in [6, 6.07) is 20.7. The Morgan fingerprint density at radius 2 is 1.56 bits per heavy atom. The van der Waals surface area contributed by atoms with Crippen LogP contribution in [0.2, 0.25) is 10.0 Å². The molecule has 0 radical (unpaired) electrons. The quantitative estimate of drug-likeness (QED) is 0.433. The Morgan fingerprint density at radius 1 is 0.941 bits per heavy atom. The first kappa shape index (κ1) is 23.3. The van der Waals surface area contributed by atoms with Crippen LogP contribution in [-0.2, 0) is 11.2 Å². The van der Waals surface area contributed by atoms with E-state index >= 15 is 0 Å². The summed E-state index contributed by atoms with van der Waals surface area (Å²) in [5.74, 6) is 0.216. The van der Waals surface area contributed by atoms with Crippen LogP contribution in [0.5, 0.6) is 0 Å². The summed E-state index contributed by atoms with van der Waals surface area (Å²) in [5, 5.41) is 4.67. The van der Waals surface area contributed by atoms with Crippen LogP contribution in [0.1, 0.15) is 48.4 Å². The number of carbonyl (C=O) groups is 1. The van der Waals surface area contributed by atoms with Gasteiger partial charge in [-0.2, -0.15) is 0 Å². The van der Waals surface area contributed by atoms with Gasteiger partial charge in [0, 0.05) is 47.0 Å². The molecule has 0 aliphatic carbocycles. The van der Waals surface area contributed by atoms with Gasteiger partial charge >= 0.3 is 0 Å². The van der Waals surface area contributed by atoms with Crippen molar-refractivity contribution in [1.82, 2.24) is 15.2 Å². The second-order valence-corrected chi connectivity index (χ2v) is 10.2. The fourth-order valence-electron chi connectivity index (χ4n) is 5.75. The largest absolute Gasteiger partial charge is 0.356 e. The van der Waals surface area contributed by atoms with Crippen LogP contribution >= 0.6 is 23.2 Å². The molecule has 2 unspecified atom stereocenters. The van der Waals surface area contributed by atoms with E-state index in [9.17, 15) is 4.79 Å². The fourth-order valence-corrected chi connectivity index (χ4v) is 6.23. The molecular formula is C28H29Cl2N3O. The van der Waals surface area contributed by atoms with E-state index in [4.69, 9.17) is 23.2 Å². The van der Waals surface area contributed by atoms with E-state index in [1.54, 1.807) is 6.20 Å². The highest BCUT2D eigenvalue weighted by Gasteiger charge is 2.47. The molecule has 5 rings (SSSR count). The van der Waals surface area contributed by atoms with Crippen LogP contribution in [0.4, 0.5) is 0 Å². The second-order valence-electron chi connectivity index (χ2n) is 9.35. The minimum absolute atomic E-state index is 0.0190. The molecule has 2 fully saturated rings. The molecule has 6 heteroatoms. The van der Waals surface area contributed by atoms with Crippen LogP contribution < -0.4 is 5.32 Å². The number of hydrogen-bond acceptors (Lipinski definition) is 3. The molecule has 4 nitrogen and oxygen atoms in total. The van der Waals surface area contributed by atoms with Gasteiger partial charge in [0.2, 0.25) is 5.91 Å². The maximum atomic E-state index is 13.0. The Labute approximate surface area is 211 Å². The van der Waals surface area contributed by atoms with Crippen molar-refractivity contribution in [1.29, 1.82) is 0 Å². The molecule has 2 aliphatic heterocycles. The number of halogens is 2. The van der Waals surface area contributed by atoms with Gasteiger partial charge in [-0.05, 0) is 67.0 Å². The van der Waals surface area contributed by atoms with Gasteiger partial charge in [0.05, 0.1) is 6.04 Å². The van der Waals surface area contributed by atoms with Gasteiger partial charge in [0.15, 0.2) is 0 Å². The number of fused-ring (bicyclic) bond motifs is 2. The lowest BCUT2D eigenvalue weighted by Gasteiger charge is -2.44. The minimum Gasteiger partial charge on any atom is -0.356 e. The van der Waals surface area contributed by atoms with Crippen LogP contribution in [0.3, 0.4) is 0 Å². The number of pyridine rings is 1. The lowest BCUT2D eigenvalue weighted by molar-refractivity contribution is -0.127. The Bertz CT molecular complexity index is 1080. The van der Waals surface area contributed by atoms with Crippen molar-refractivity contribution in [3.63, 3.8) is 0 Å². The second kappa shape index (κ2) is 10.5. The highest BCUT2D eigenvalue weighted by atomic mass is 35.5. The van der Waals surface area contributed by atoms with E-state index in [1.165, 1.54) is 0 Å². The predicted octanol–water partition coefficient (Wildman–Crippen LogP) is 6.08. The third-order valence-corrected chi connectivity index (χ3v) is 7.98. The zero-order valence-corrected chi connectivity index (χ0v) is 20.6. The molecule has 2 atom stereocenters. The molecule has 176 valence electrons. The predicted molar refractivity (Wildman–Crippen MR) is 137 cm³/mol.